The second-order valence-corrected chi connectivity index (χ2v) is 15.0. The average molecular weight is 781 g/mol. The lowest BCUT2D eigenvalue weighted by Crippen LogP contribution is -2.30. The summed E-state index contributed by atoms with van der Waals surface area (Å²) in [5.41, 5.74) is 0. The highest BCUT2D eigenvalue weighted by atomic mass is 16.6. The third kappa shape index (κ3) is 42.0. The fourth-order valence-electron chi connectivity index (χ4n) is 6.10. The van der Waals surface area contributed by atoms with Crippen LogP contribution < -0.4 is 0 Å². The molecule has 0 saturated heterocycles. The average Bonchev–Trinajstić information content (AvgIpc) is 3.19. The van der Waals surface area contributed by atoms with Crippen LogP contribution in [0.4, 0.5) is 0 Å². The topological polar surface area (TPSA) is 78.9 Å². The van der Waals surface area contributed by atoms with Crippen LogP contribution >= 0.6 is 0 Å². The van der Waals surface area contributed by atoms with Gasteiger partial charge in [0.15, 0.2) is 6.10 Å². The Morgan fingerprint density at radius 1 is 0.393 bits per heavy atom. The third-order valence-corrected chi connectivity index (χ3v) is 9.52. The van der Waals surface area contributed by atoms with Crippen LogP contribution in [0.2, 0.25) is 0 Å². The molecule has 0 aliphatic heterocycles. The summed E-state index contributed by atoms with van der Waals surface area (Å²) in [5, 5.41) is 0. The highest BCUT2D eigenvalue weighted by Crippen LogP contribution is 2.14. The highest BCUT2D eigenvalue weighted by molar-refractivity contribution is 5.71. The predicted octanol–water partition coefficient (Wildman–Crippen LogP) is 14.7. The molecule has 0 radical (unpaired) electrons. The second-order valence-electron chi connectivity index (χ2n) is 15.0. The predicted molar refractivity (Wildman–Crippen MR) is 238 cm³/mol. The molecule has 320 valence electrons. The zero-order valence-corrected chi connectivity index (χ0v) is 36.4. The molecule has 6 heteroatoms. The van der Waals surface area contributed by atoms with Gasteiger partial charge in [0.1, 0.15) is 13.2 Å². The number of carbonyl (C=O) groups excluding carboxylic acids is 3. The van der Waals surface area contributed by atoms with E-state index in [2.05, 4.69) is 93.7 Å². The molecular formula is C50H84O6. The molecule has 1 atom stereocenters. The van der Waals surface area contributed by atoms with Gasteiger partial charge in [-0.05, 0) is 70.6 Å². The van der Waals surface area contributed by atoms with Crippen LogP contribution in [0.3, 0.4) is 0 Å². The van der Waals surface area contributed by atoms with Gasteiger partial charge in [-0.1, -0.05) is 190 Å². The van der Waals surface area contributed by atoms with E-state index in [4.69, 9.17) is 14.2 Å². The smallest absolute Gasteiger partial charge is 0.306 e. The summed E-state index contributed by atoms with van der Waals surface area (Å²) in [6.45, 7) is 6.32. The molecule has 0 rings (SSSR count). The summed E-state index contributed by atoms with van der Waals surface area (Å²) in [5.74, 6) is -0.952. The van der Waals surface area contributed by atoms with Crippen LogP contribution in [0.5, 0.6) is 0 Å². The van der Waals surface area contributed by atoms with Crippen LogP contribution in [-0.2, 0) is 28.6 Å². The lowest BCUT2D eigenvalue weighted by Gasteiger charge is -2.18. The van der Waals surface area contributed by atoms with Gasteiger partial charge >= 0.3 is 17.9 Å². The zero-order valence-electron chi connectivity index (χ0n) is 36.4. The van der Waals surface area contributed by atoms with Crippen LogP contribution in [0.15, 0.2) is 72.9 Å². The lowest BCUT2D eigenvalue weighted by atomic mass is 10.1. The fourth-order valence-corrected chi connectivity index (χ4v) is 6.10. The Bertz CT molecular complexity index is 1080. The molecule has 0 aromatic rings. The maximum Gasteiger partial charge on any atom is 0.306 e. The molecule has 0 fully saturated rings. The van der Waals surface area contributed by atoms with E-state index in [0.717, 1.165) is 83.5 Å². The Morgan fingerprint density at radius 3 is 1.32 bits per heavy atom. The van der Waals surface area contributed by atoms with Crippen molar-refractivity contribution in [1.29, 1.82) is 0 Å². The molecule has 0 amide bonds. The van der Waals surface area contributed by atoms with Crippen LogP contribution in [0.1, 0.15) is 207 Å². The van der Waals surface area contributed by atoms with Crippen molar-refractivity contribution < 1.29 is 28.6 Å². The van der Waals surface area contributed by atoms with E-state index in [1.807, 2.05) is 0 Å². The van der Waals surface area contributed by atoms with Crippen molar-refractivity contribution in [2.24, 2.45) is 0 Å². The number of ether oxygens (including phenoxy) is 3. The number of rotatable bonds is 40. The Kier molecular flexibility index (Phi) is 42.1. The quantitative estimate of drug-likeness (QED) is 0.0203. The first-order valence-electron chi connectivity index (χ1n) is 23.0. The van der Waals surface area contributed by atoms with Crippen molar-refractivity contribution in [2.75, 3.05) is 13.2 Å². The van der Waals surface area contributed by atoms with Gasteiger partial charge in [0.05, 0.1) is 0 Å². The van der Waals surface area contributed by atoms with Crippen molar-refractivity contribution >= 4 is 17.9 Å². The molecule has 1 unspecified atom stereocenters. The van der Waals surface area contributed by atoms with E-state index in [1.54, 1.807) is 0 Å². The summed E-state index contributed by atoms with van der Waals surface area (Å²) < 4.78 is 16.7. The van der Waals surface area contributed by atoms with Crippen molar-refractivity contribution in [3.8, 4) is 0 Å². The van der Waals surface area contributed by atoms with Crippen LogP contribution in [-0.4, -0.2) is 37.2 Å². The first-order chi connectivity index (χ1) is 27.5. The van der Waals surface area contributed by atoms with Gasteiger partial charge in [0, 0.05) is 19.3 Å². The Hall–Kier alpha value is -3.15. The number of allylic oxidation sites excluding steroid dienone is 12. The number of hydrogen-bond donors (Lipinski definition) is 0. The number of carbonyl (C=O) groups is 3. The maximum absolute atomic E-state index is 12.7. The normalized spacial score (nSPS) is 12.7. The first kappa shape index (κ1) is 52.9. The molecule has 0 aliphatic rings. The number of esters is 3. The third-order valence-electron chi connectivity index (χ3n) is 9.52. The van der Waals surface area contributed by atoms with Gasteiger partial charge in [0.2, 0.25) is 0 Å². The molecule has 0 bridgehead atoms. The second kappa shape index (κ2) is 44.6. The summed E-state index contributed by atoms with van der Waals surface area (Å²) in [4.78, 5) is 37.7. The van der Waals surface area contributed by atoms with Crippen LogP contribution in [0, 0.1) is 0 Å². The van der Waals surface area contributed by atoms with E-state index in [0.29, 0.717) is 19.3 Å². The van der Waals surface area contributed by atoms with E-state index in [9.17, 15) is 14.4 Å². The minimum Gasteiger partial charge on any atom is -0.462 e. The number of hydrogen-bond acceptors (Lipinski definition) is 6. The van der Waals surface area contributed by atoms with Gasteiger partial charge in [0.25, 0.3) is 0 Å². The maximum atomic E-state index is 12.7. The summed E-state index contributed by atoms with van der Waals surface area (Å²) in [6, 6.07) is 0. The Labute approximate surface area is 344 Å². The molecule has 0 aliphatic carbocycles. The summed E-state index contributed by atoms with van der Waals surface area (Å²) >= 11 is 0. The molecule has 0 aromatic carbocycles. The molecule has 0 saturated carbocycles. The SMILES string of the molecule is CC\C=C/C=C\C=C/CCCCCCCCCC(=O)OCC(COC(=O)CCCCCCCCCCCCC)OC(=O)CCCC/C=C\C/C=C\C/C=C\CC. The van der Waals surface area contributed by atoms with Crippen LogP contribution in [0.25, 0.3) is 0 Å². The van der Waals surface area contributed by atoms with E-state index < -0.39 is 6.10 Å². The molecule has 0 N–H and O–H groups in total. The molecule has 0 aromatic heterocycles. The summed E-state index contributed by atoms with van der Waals surface area (Å²) in [6.07, 6.45) is 54.6. The minimum absolute atomic E-state index is 0.0941. The van der Waals surface area contributed by atoms with E-state index in [1.165, 1.54) is 77.0 Å². The van der Waals surface area contributed by atoms with Crippen molar-refractivity contribution in [3.05, 3.63) is 72.9 Å². The van der Waals surface area contributed by atoms with Gasteiger partial charge in [-0.3, -0.25) is 14.4 Å². The van der Waals surface area contributed by atoms with E-state index >= 15 is 0 Å². The lowest BCUT2D eigenvalue weighted by molar-refractivity contribution is -0.167. The monoisotopic (exact) mass is 781 g/mol. The molecular weight excluding hydrogens is 697 g/mol. The zero-order chi connectivity index (χ0) is 40.8. The Morgan fingerprint density at radius 2 is 0.786 bits per heavy atom. The van der Waals surface area contributed by atoms with Gasteiger partial charge in [-0.15, -0.1) is 0 Å². The van der Waals surface area contributed by atoms with Gasteiger partial charge < -0.3 is 14.2 Å². The van der Waals surface area contributed by atoms with Crippen molar-refractivity contribution in [2.45, 2.75) is 213 Å². The minimum atomic E-state index is -0.796. The first-order valence-corrected chi connectivity index (χ1v) is 23.0. The molecule has 0 spiro atoms. The fraction of sp³-hybridized carbons (Fsp3) is 0.700. The highest BCUT2D eigenvalue weighted by Gasteiger charge is 2.19. The Balaban J connectivity index is 4.44. The largest absolute Gasteiger partial charge is 0.462 e. The molecule has 0 heterocycles. The summed E-state index contributed by atoms with van der Waals surface area (Å²) in [7, 11) is 0. The van der Waals surface area contributed by atoms with Crippen molar-refractivity contribution in [3.63, 3.8) is 0 Å². The van der Waals surface area contributed by atoms with Gasteiger partial charge in [-0.2, -0.15) is 0 Å². The molecule has 6 nitrogen and oxygen atoms in total. The number of unbranched alkanes of at least 4 members (excludes halogenated alkanes) is 19. The molecule has 56 heavy (non-hydrogen) atoms. The van der Waals surface area contributed by atoms with Crippen molar-refractivity contribution in [1.82, 2.24) is 0 Å². The van der Waals surface area contributed by atoms with Gasteiger partial charge in [-0.25, -0.2) is 0 Å². The standard InChI is InChI=1S/C50H84O6/c1-4-7-10-13-16-19-22-24-25-26-29-31-34-37-40-43-49(52)55-46-47(45-54-48(51)42-39-36-33-30-27-21-18-15-12-9-6-3)56-50(53)44-41-38-35-32-28-23-20-17-14-11-8-5-2/h7-8,10-11,13,16-17,19-20,22,28,32,47H,4-6,9,12,14-15,18,21,23-27,29-31,33-46H2,1-3H3/b10-7-,11-8-,16-13-,20-17-,22-19-,32-28-. The van der Waals surface area contributed by atoms with E-state index in [-0.39, 0.29) is 37.5 Å².